The number of likely N-dealkylation sites (tertiary alicyclic amines) is 1. The molecule has 2 atom stereocenters. The van der Waals surface area contributed by atoms with Gasteiger partial charge in [-0.3, -0.25) is 9.59 Å². The molecule has 0 spiro atoms. The Morgan fingerprint density at radius 3 is 2.81 bits per heavy atom. The van der Waals surface area contributed by atoms with Gasteiger partial charge in [0.1, 0.15) is 11.8 Å². The normalized spacial score (nSPS) is 24.7. The molecule has 1 amide bonds. The predicted octanol–water partition coefficient (Wildman–Crippen LogP) is 1.75. The summed E-state index contributed by atoms with van der Waals surface area (Å²) in [6.45, 7) is 2.03. The molecule has 1 aliphatic carbocycles. The van der Waals surface area contributed by atoms with Crippen LogP contribution in [0.25, 0.3) is 6.08 Å². The van der Waals surface area contributed by atoms with Gasteiger partial charge in [0, 0.05) is 36.6 Å². The number of allylic oxidation sites excluding steroid dienone is 1. The van der Waals surface area contributed by atoms with Crippen molar-refractivity contribution in [2.45, 2.75) is 31.7 Å². The number of rotatable bonds is 4. The number of nitrogen functional groups attached to an aromatic ring is 1. The minimum Gasteiger partial charge on any atom is -0.399 e. The Labute approximate surface area is 158 Å². The lowest BCUT2D eigenvalue weighted by molar-refractivity contribution is -0.135. The van der Waals surface area contributed by atoms with Crippen molar-refractivity contribution in [2.24, 2.45) is 5.92 Å². The lowest BCUT2D eigenvalue weighted by Crippen LogP contribution is -2.47. The lowest BCUT2D eigenvalue weighted by Gasteiger charge is -2.24. The Hall–Kier alpha value is -2.05. The first kappa shape index (κ1) is 17.4. The highest BCUT2D eigenvalue weighted by molar-refractivity contribution is 7.80. The first-order valence-corrected chi connectivity index (χ1v) is 9.59. The third kappa shape index (κ3) is 3.19. The summed E-state index contributed by atoms with van der Waals surface area (Å²) in [5.41, 5.74) is 9.92. The minimum atomic E-state index is -0.493. The summed E-state index contributed by atoms with van der Waals surface area (Å²) in [5, 5.41) is 3.17. The molecule has 0 aromatic heterocycles. The van der Waals surface area contributed by atoms with E-state index in [-0.39, 0.29) is 11.7 Å². The van der Waals surface area contributed by atoms with Crippen LogP contribution in [-0.2, 0) is 16.0 Å². The average molecular weight is 369 g/mol. The third-order valence-corrected chi connectivity index (χ3v) is 5.95. The van der Waals surface area contributed by atoms with Crippen LogP contribution in [0, 0.1) is 5.92 Å². The Kier molecular flexibility index (Phi) is 4.63. The molecule has 136 valence electrons. The highest BCUT2D eigenvalue weighted by Crippen LogP contribution is 2.30. The second-order valence-electron chi connectivity index (χ2n) is 7.42. The number of fused-ring (bicyclic) bond motifs is 1. The monoisotopic (exact) mass is 369 g/mol. The Bertz CT molecular complexity index is 811. The molecule has 2 fully saturated rings. The number of amides is 1. The van der Waals surface area contributed by atoms with E-state index in [4.69, 9.17) is 18.0 Å². The summed E-state index contributed by atoms with van der Waals surface area (Å²) in [7, 11) is 0. The highest BCUT2D eigenvalue weighted by atomic mass is 32.1. The molecule has 5 nitrogen and oxygen atoms in total. The van der Waals surface area contributed by atoms with Crippen LogP contribution in [-0.4, -0.2) is 47.1 Å². The van der Waals surface area contributed by atoms with Crippen molar-refractivity contribution in [1.82, 2.24) is 10.2 Å². The van der Waals surface area contributed by atoms with Crippen LogP contribution in [0.5, 0.6) is 0 Å². The van der Waals surface area contributed by atoms with Gasteiger partial charge >= 0.3 is 0 Å². The van der Waals surface area contributed by atoms with Crippen molar-refractivity contribution in [1.29, 1.82) is 0 Å². The number of nitrogens with one attached hydrogen (secondary N) is 1. The number of thiocarbonyl (C=S) groups is 1. The maximum absolute atomic E-state index is 13.0. The maximum atomic E-state index is 13.0. The van der Waals surface area contributed by atoms with Crippen molar-refractivity contribution in [3.05, 3.63) is 34.9 Å². The average Bonchev–Trinajstić information content (AvgIpc) is 3.32. The number of benzene rings is 1. The van der Waals surface area contributed by atoms with Crippen molar-refractivity contribution >= 4 is 40.5 Å². The SMILES string of the molecule is Nc1ccc2c(c1)C=C(CC(=O)C1C(=S)CN[C@@H]1C(=O)N1CCCC1)C2. The van der Waals surface area contributed by atoms with Gasteiger partial charge in [0.25, 0.3) is 0 Å². The molecular formula is C20H23N3O2S. The molecule has 2 heterocycles. The van der Waals surface area contributed by atoms with Gasteiger partial charge in [-0.1, -0.05) is 29.9 Å². The first-order valence-electron chi connectivity index (χ1n) is 9.18. The van der Waals surface area contributed by atoms with Crippen LogP contribution in [0.4, 0.5) is 5.69 Å². The van der Waals surface area contributed by atoms with E-state index in [1.165, 1.54) is 5.56 Å². The Morgan fingerprint density at radius 1 is 1.27 bits per heavy atom. The molecule has 3 aliphatic rings. The van der Waals surface area contributed by atoms with E-state index in [1.54, 1.807) is 0 Å². The fourth-order valence-electron chi connectivity index (χ4n) is 4.23. The predicted molar refractivity (Wildman–Crippen MR) is 106 cm³/mol. The van der Waals surface area contributed by atoms with Crippen molar-refractivity contribution < 1.29 is 9.59 Å². The van der Waals surface area contributed by atoms with Crippen LogP contribution in [0.1, 0.15) is 30.4 Å². The molecule has 6 heteroatoms. The first-order chi connectivity index (χ1) is 12.5. The van der Waals surface area contributed by atoms with Crippen LogP contribution < -0.4 is 11.1 Å². The highest BCUT2D eigenvalue weighted by Gasteiger charge is 2.43. The van der Waals surface area contributed by atoms with Crippen LogP contribution in [0.3, 0.4) is 0 Å². The summed E-state index contributed by atoms with van der Waals surface area (Å²) in [6, 6.07) is 5.35. The number of hydrogen-bond acceptors (Lipinski definition) is 5. The van der Waals surface area contributed by atoms with E-state index in [1.807, 2.05) is 29.2 Å². The van der Waals surface area contributed by atoms with Gasteiger partial charge in [-0.2, -0.15) is 0 Å². The van der Waals surface area contributed by atoms with Crippen molar-refractivity contribution in [3.8, 4) is 0 Å². The van der Waals surface area contributed by atoms with Gasteiger partial charge in [-0.05, 0) is 42.5 Å². The molecular weight excluding hydrogens is 346 g/mol. The molecule has 0 radical (unpaired) electrons. The number of hydrogen-bond donors (Lipinski definition) is 2. The van der Waals surface area contributed by atoms with Crippen molar-refractivity contribution in [2.75, 3.05) is 25.4 Å². The van der Waals surface area contributed by atoms with Crippen LogP contribution in [0.15, 0.2) is 23.8 Å². The quantitative estimate of drug-likeness (QED) is 0.625. The number of carbonyl (C=O) groups is 2. The smallest absolute Gasteiger partial charge is 0.240 e. The summed E-state index contributed by atoms with van der Waals surface area (Å²) in [6.07, 6.45) is 5.22. The second kappa shape index (κ2) is 6.93. The van der Waals surface area contributed by atoms with Crippen molar-refractivity contribution in [3.63, 3.8) is 0 Å². The zero-order valence-corrected chi connectivity index (χ0v) is 15.5. The largest absolute Gasteiger partial charge is 0.399 e. The van der Waals surface area contributed by atoms with E-state index >= 15 is 0 Å². The summed E-state index contributed by atoms with van der Waals surface area (Å²) in [4.78, 5) is 28.3. The molecule has 2 saturated heterocycles. The number of anilines is 1. The number of ketones is 1. The number of carbonyl (C=O) groups excluding carboxylic acids is 2. The maximum Gasteiger partial charge on any atom is 0.240 e. The van der Waals surface area contributed by atoms with Gasteiger partial charge in [-0.15, -0.1) is 0 Å². The number of nitrogens with two attached hydrogens (primary N) is 1. The molecule has 26 heavy (non-hydrogen) atoms. The van der Waals surface area contributed by atoms with Crippen LogP contribution >= 0.6 is 12.2 Å². The van der Waals surface area contributed by atoms with E-state index < -0.39 is 12.0 Å². The van der Waals surface area contributed by atoms with E-state index in [2.05, 4.69) is 5.32 Å². The number of nitrogens with zero attached hydrogens (tertiary/aromatic N) is 1. The van der Waals surface area contributed by atoms with Crippen LogP contribution in [0.2, 0.25) is 0 Å². The van der Waals surface area contributed by atoms with Gasteiger partial charge < -0.3 is 16.0 Å². The molecule has 3 N–H and O–H groups in total. The molecule has 4 rings (SSSR count). The Morgan fingerprint density at radius 2 is 2.04 bits per heavy atom. The summed E-state index contributed by atoms with van der Waals surface area (Å²) >= 11 is 5.42. The molecule has 1 aromatic rings. The second-order valence-corrected chi connectivity index (χ2v) is 7.94. The fourth-order valence-corrected chi connectivity index (χ4v) is 4.58. The zero-order chi connectivity index (χ0) is 18.3. The standard InChI is InChI=1S/C20H23N3O2S/c21-15-4-3-13-7-12(8-14(13)10-15)9-16(24)18-17(26)11-22-19(18)20(25)23-5-1-2-6-23/h3-4,8,10,18-19,22H,1-2,5-7,9,11,21H2/t18?,19-/m0/s1. The van der Waals surface area contributed by atoms with E-state index in [0.29, 0.717) is 17.8 Å². The fraction of sp³-hybridized carbons (Fsp3) is 0.450. The van der Waals surface area contributed by atoms with E-state index in [9.17, 15) is 9.59 Å². The molecule has 1 unspecified atom stereocenters. The summed E-state index contributed by atoms with van der Waals surface area (Å²) < 4.78 is 0. The van der Waals surface area contributed by atoms with Gasteiger partial charge in [0.15, 0.2) is 0 Å². The van der Waals surface area contributed by atoms with Gasteiger partial charge in [-0.25, -0.2) is 0 Å². The Balaban J connectivity index is 1.47. The van der Waals surface area contributed by atoms with Gasteiger partial charge in [0.2, 0.25) is 5.91 Å². The molecule has 0 bridgehead atoms. The molecule has 0 saturated carbocycles. The third-order valence-electron chi connectivity index (χ3n) is 5.56. The number of Topliss-reactive ketones (excluding diaryl/α,β-unsaturated/α-hetero) is 1. The lowest BCUT2D eigenvalue weighted by atomic mass is 9.90. The molecule has 2 aliphatic heterocycles. The molecule has 1 aromatic carbocycles. The van der Waals surface area contributed by atoms with Gasteiger partial charge in [0.05, 0.1) is 5.92 Å². The topological polar surface area (TPSA) is 75.4 Å². The summed E-state index contributed by atoms with van der Waals surface area (Å²) in [5.74, 6) is -0.422. The zero-order valence-electron chi connectivity index (χ0n) is 14.7. The van der Waals surface area contributed by atoms with E-state index in [0.717, 1.165) is 49.2 Å². The minimum absolute atomic E-state index is 0.0251.